The quantitative estimate of drug-likeness (QED) is 0.888. The molecule has 0 saturated carbocycles. The number of benzene rings is 1. The maximum atomic E-state index is 6.35. The SMILES string of the molecule is Cc1ccc(CC(N)C2CCCCS2)cc1C. The van der Waals surface area contributed by atoms with E-state index < -0.39 is 0 Å². The number of thioether (sulfide) groups is 1. The Bertz CT molecular complexity index is 369. The third kappa shape index (κ3) is 3.49. The lowest BCUT2D eigenvalue weighted by Gasteiger charge is -2.27. The fourth-order valence-electron chi connectivity index (χ4n) is 2.44. The minimum atomic E-state index is 0.322. The number of hydrogen-bond acceptors (Lipinski definition) is 2. The van der Waals surface area contributed by atoms with E-state index in [1.807, 2.05) is 0 Å². The Labute approximate surface area is 109 Å². The van der Waals surface area contributed by atoms with Crippen molar-refractivity contribution < 1.29 is 0 Å². The summed E-state index contributed by atoms with van der Waals surface area (Å²) in [6, 6.07) is 7.06. The molecule has 1 aromatic rings. The lowest BCUT2D eigenvalue weighted by Crippen LogP contribution is -2.36. The fourth-order valence-corrected chi connectivity index (χ4v) is 3.79. The molecule has 1 saturated heterocycles. The second-order valence-corrected chi connectivity index (χ2v) is 6.54. The molecule has 1 fully saturated rings. The molecule has 2 heteroatoms. The highest BCUT2D eigenvalue weighted by Crippen LogP contribution is 2.28. The van der Waals surface area contributed by atoms with Crippen molar-refractivity contribution in [2.75, 3.05) is 5.75 Å². The molecule has 0 amide bonds. The molecule has 1 aromatic carbocycles. The molecule has 0 aliphatic carbocycles. The van der Waals surface area contributed by atoms with Gasteiger partial charge in [0.2, 0.25) is 0 Å². The molecule has 1 heterocycles. The molecular formula is C15H23NS. The van der Waals surface area contributed by atoms with Crippen molar-refractivity contribution in [3.63, 3.8) is 0 Å². The Morgan fingerprint density at radius 2 is 2.12 bits per heavy atom. The first kappa shape index (κ1) is 13.0. The van der Waals surface area contributed by atoms with Gasteiger partial charge in [0.25, 0.3) is 0 Å². The molecule has 0 bridgehead atoms. The van der Waals surface area contributed by atoms with E-state index in [1.165, 1.54) is 41.7 Å². The van der Waals surface area contributed by atoms with Crippen LogP contribution in [0.5, 0.6) is 0 Å². The molecule has 0 aromatic heterocycles. The zero-order chi connectivity index (χ0) is 12.3. The van der Waals surface area contributed by atoms with Crippen molar-refractivity contribution in [2.24, 2.45) is 5.73 Å². The van der Waals surface area contributed by atoms with Crippen LogP contribution in [0.3, 0.4) is 0 Å². The zero-order valence-corrected chi connectivity index (χ0v) is 11.7. The van der Waals surface area contributed by atoms with Crippen molar-refractivity contribution in [1.82, 2.24) is 0 Å². The van der Waals surface area contributed by atoms with Crippen molar-refractivity contribution in [2.45, 2.75) is 50.8 Å². The Hall–Kier alpha value is -0.470. The Morgan fingerprint density at radius 1 is 1.29 bits per heavy atom. The van der Waals surface area contributed by atoms with Crippen LogP contribution in [0.2, 0.25) is 0 Å². The van der Waals surface area contributed by atoms with E-state index in [2.05, 4.69) is 43.8 Å². The van der Waals surface area contributed by atoms with Gasteiger partial charge in [-0.2, -0.15) is 11.8 Å². The molecule has 2 N–H and O–H groups in total. The molecule has 94 valence electrons. The van der Waals surface area contributed by atoms with E-state index in [0.717, 1.165) is 6.42 Å². The van der Waals surface area contributed by atoms with Crippen molar-refractivity contribution in [3.8, 4) is 0 Å². The number of rotatable bonds is 3. The van der Waals surface area contributed by atoms with Crippen LogP contribution in [0.15, 0.2) is 18.2 Å². The van der Waals surface area contributed by atoms with Crippen LogP contribution in [0.4, 0.5) is 0 Å². The highest BCUT2D eigenvalue weighted by atomic mass is 32.2. The van der Waals surface area contributed by atoms with Crippen LogP contribution < -0.4 is 5.73 Å². The monoisotopic (exact) mass is 249 g/mol. The van der Waals surface area contributed by atoms with E-state index in [9.17, 15) is 0 Å². The molecule has 0 radical (unpaired) electrons. The third-order valence-electron chi connectivity index (χ3n) is 3.74. The molecule has 2 unspecified atom stereocenters. The minimum absolute atomic E-state index is 0.322. The van der Waals surface area contributed by atoms with Crippen molar-refractivity contribution >= 4 is 11.8 Å². The zero-order valence-electron chi connectivity index (χ0n) is 10.9. The van der Waals surface area contributed by atoms with Crippen LogP contribution in [-0.4, -0.2) is 17.0 Å². The molecule has 2 rings (SSSR count). The normalized spacial score (nSPS) is 22.4. The number of hydrogen-bond donors (Lipinski definition) is 1. The van der Waals surface area contributed by atoms with Crippen LogP contribution in [-0.2, 0) is 6.42 Å². The van der Waals surface area contributed by atoms with Gasteiger partial charge in [-0.3, -0.25) is 0 Å². The van der Waals surface area contributed by atoms with Crippen molar-refractivity contribution in [3.05, 3.63) is 34.9 Å². The highest BCUT2D eigenvalue weighted by molar-refractivity contribution is 8.00. The van der Waals surface area contributed by atoms with Gasteiger partial charge >= 0.3 is 0 Å². The third-order valence-corrected chi connectivity index (χ3v) is 5.27. The first-order valence-corrected chi connectivity index (χ1v) is 7.65. The van der Waals surface area contributed by atoms with Crippen LogP contribution in [0.1, 0.15) is 36.0 Å². The number of aryl methyl sites for hydroxylation is 2. The van der Waals surface area contributed by atoms with E-state index in [4.69, 9.17) is 5.73 Å². The van der Waals surface area contributed by atoms with Crippen LogP contribution in [0, 0.1) is 13.8 Å². The van der Waals surface area contributed by atoms with E-state index in [-0.39, 0.29) is 0 Å². The average Bonchev–Trinajstić information content (AvgIpc) is 2.35. The summed E-state index contributed by atoms with van der Waals surface area (Å²) in [6.45, 7) is 4.34. The van der Waals surface area contributed by atoms with Gasteiger partial charge in [0.1, 0.15) is 0 Å². The Balaban J connectivity index is 1.96. The van der Waals surface area contributed by atoms with Crippen molar-refractivity contribution in [1.29, 1.82) is 0 Å². The predicted molar refractivity (Wildman–Crippen MR) is 77.7 cm³/mol. The molecule has 1 nitrogen and oxygen atoms in total. The summed E-state index contributed by atoms with van der Waals surface area (Å²) in [5, 5.41) is 0.672. The first-order valence-electron chi connectivity index (χ1n) is 6.60. The first-order chi connectivity index (χ1) is 8.16. The summed E-state index contributed by atoms with van der Waals surface area (Å²) < 4.78 is 0. The standard InChI is InChI=1S/C15H23NS/c1-11-6-7-13(9-12(11)2)10-14(16)15-5-3-4-8-17-15/h6-7,9,14-15H,3-5,8,10,16H2,1-2H3. The summed E-state index contributed by atoms with van der Waals surface area (Å²) >= 11 is 2.07. The van der Waals surface area contributed by atoms with Gasteiger partial charge in [0.05, 0.1) is 0 Å². The highest BCUT2D eigenvalue weighted by Gasteiger charge is 2.21. The lowest BCUT2D eigenvalue weighted by molar-refractivity contribution is 0.559. The van der Waals surface area contributed by atoms with Gasteiger partial charge in [0.15, 0.2) is 0 Å². The average molecular weight is 249 g/mol. The van der Waals surface area contributed by atoms with Crippen LogP contribution >= 0.6 is 11.8 Å². The predicted octanol–water partition coefficient (Wildman–Crippen LogP) is 3.46. The largest absolute Gasteiger partial charge is 0.326 e. The second kappa shape index (κ2) is 5.92. The molecule has 0 spiro atoms. The molecular weight excluding hydrogens is 226 g/mol. The maximum Gasteiger partial charge on any atom is 0.0202 e. The topological polar surface area (TPSA) is 26.0 Å². The summed E-state index contributed by atoms with van der Waals surface area (Å²) in [6.07, 6.45) is 5.06. The smallest absolute Gasteiger partial charge is 0.0202 e. The Kier molecular flexibility index (Phi) is 4.52. The van der Waals surface area contributed by atoms with Crippen LogP contribution in [0.25, 0.3) is 0 Å². The van der Waals surface area contributed by atoms with E-state index in [1.54, 1.807) is 0 Å². The molecule has 17 heavy (non-hydrogen) atoms. The summed E-state index contributed by atoms with van der Waals surface area (Å²) in [4.78, 5) is 0. The van der Waals surface area contributed by atoms with Gasteiger partial charge in [-0.25, -0.2) is 0 Å². The number of nitrogens with two attached hydrogens (primary N) is 1. The molecule has 1 aliphatic rings. The van der Waals surface area contributed by atoms with Gasteiger partial charge < -0.3 is 5.73 Å². The maximum absolute atomic E-state index is 6.35. The molecule has 2 atom stereocenters. The fraction of sp³-hybridized carbons (Fsp3) is 0.600. The van der Waals surface area contributed by atoms with Gasteiger partial charge in [-0.1, -0.05) is 24.6 Å². The molecule has 1 aliphatic heterocycles. The van der Waals surface area contributed by atoms with Gasteiger partial charge in [-0.05, 0) is 55.6 Å². The Morgan fingerprint density at radius 3 is 2.76 bits per heavy atom. The second-order valence-electron chi connectivity index (χ2n) is 5.19. The minimum Gasteiger partial charge on any atom is -0.326 e. The lowest BCUT2D eigenvalue weighted by atomic mass is 9.98. The summed E-state index contributed by atoms with van der Waals surface area (Å²) in [7, 11) is 0. The van der Waals surface area contributed by atoms with E-state index >= 15 is 0 Å². The van der Waals surface area contributed by atoms with E-state index in [0.29, 0.717) is 11.3 Å². The van der Waals surface area contributed by atoms with Gasteiger partial charge in [0, 0.05) is 11.3 Å². The summed E-state index contributed by atoms with van der Waals surface area (Å²) in [5.41, 5.74) is 10.5. The summed E-state index contributed by atoms with van der Waals surface area (Å²) in [5.74, 6) is 1.30. The van der Waals surface area contributed by atoms with Gasteiger partial charge in [-0.15, -0.1) is 0 Å².